The molecule has 0 bridgehead atoms. The Hall–Kier alpha value is -3.18. The lowest BCUT2D eigenvalue weighted by Gasteiger charge is -2.20. The van der Waals surface area contributed by atoms with Crippen molar-refractivity contribution < 1.29 is 14.6 Å². The van der Waals surface area contributed by atoms with Gasteiger partial charge < -0.3 is 15.2 Å². The highest BCUT2D eigenvalue weighted by atomic mass is 16.5. The molecule has 1 atom stereocenters. The van der Waals surface area contributed by atoms with Crippen LogP contribution in [0.1, 0.15) is 28.7 Å². The van der Waals surface area contributed by atoms with E-state index in [0.29, 0.717) is 13.0 Å². The van der Waals surface area contributed by atoms with E-state index in [1.165, 1.54) is 11.1 Å². The van der Waals surface area contributed by atoms with Crippen LogP contribution in [0.25, 0.3) is 11.1 Å². The molecule has 0 radical (unpaired) electrons. The summed E-state index contributed by atoms with van der Waals surface area (Å²) < 4.78 is 5.53. The fraction of sp³-hybridized carbons (Fsp3) is 0.280. The zero-order chi connectivity index (χ0) is 21.5. The Labute approximate surface area is 177 Å². The second-order valence-electron chi connectivity index (χ2n) is 7.57. The van der Waals surface area contributed by atoms with E-state index in [-0.39, 0.29) is 12.5 Å². The highest BCUT2D eigenvalue weighted by Crippen LogP contribution is 2.26. The molecule has 0 amide bonds. The number of ether oxygens (including phenoxy) is 1. The highest BCUT2D eigenvalue weighted by Gasteiger charge is 2.16. The van der Waals surface area contributed by atoms with Gasteiger partial charge in [0.25, 0.3) is 0 Å². The molecule has 5 nitrogen and oxygen atoms in total. The predicted molar refractivity (Wildman–Crippen MR) is 119 cm³/mol. The average molecular weight is 405 g/mol. The van der Waals surface area contributed by atoms with Gasteiger partial charge in [-0.15, -0.1) is 0 Å². The van der Waals surface area contributed by atoms with Crippen LogP contribution in [0.2, 0.25) is 0 Å². The molecule has 5 heteroatoms. The normalized spacial score (nSPS) is 11.8. The second kappa shape index (κ2) is 10.0. The van der Waals surface area contributed by atoms with E-state index in [0.717, 1.165) is 28.0 Å². The number of aliphatic carboxylic acids is 1. The van der Waals surface area contributed by atoms with Crippen LogP contribution in [0.5, 0.6) is 5.75 Å². The number of rotatable bonds is 9. The maximum atomic E-state index is 11.4. The first kappa shape index (κ1) is 21.5. The van der Waals surface area contributed by atoms with Gasteiger partial charge in [-0.25, -0.2) is 0 Å². The van der Waals surface area contributed by atoms with Crippen LogP contribution in [0, 0.1) is 13.8 Å². The third-order valence-electron chi connectivity index (χ3n) is 5.26. The third-order valence-corrected chi connectivity index (χ3v) is 5.26. The summed E-state index contributed by atoms with van der Waals surface area (Å²) in [6.07, 6.45) is 4.25. The zero-order valence-electron chi connectivity index (χ0n) is 17.7. The van der Waals surface area contributed by atoms with Gasteiger partial charge >= 0.3 is 5.97 Å². The number of benzene rings is 2. The third kappa shape index (κ3) is 5.67. The van der Waals surface area contributed by atoms with Gasteiger partial charge in [0.15, 0.2) is 0 Å². The molecule has 0 saturated carbocycles. The Bertz CT molecular complexity index is 1000. The topological polar surface area (TPSA) is 71.5 Å². The first-order chi connectivity index (χ1) is 14.5. The summed E-state index contributed by atoms with van der Waals surface area (Å²) in [5.74, 6) is -0.0318. The molecule has 2 N–H and O–H groups in total. The van der Waals surface area contributed by atoms with Crippen molar-refractivity contribution >= 4 is 5.97 Å². The van der Waals surface area contributed by atoms with E-state index >= 15 is 0 Å². The van der Waals surface area contributed by atoms with E-state index in [2.05, 4.69) is 48.4 Å². The van der Waals surface area contributed by atoms with Gasteiger partial charge in [0, 0.05) is 30.5 Å². The van der Waals surface area contributed by atoms with E-state index in [9.17, 15) is 9.90 Å². The molecule has 1 heterocycles. The zero-order valence-corrected chi connectivity index (χ0v) is 17.7. The van der Waals surface area contributed by atoms with Crippen LogP contribution in [-0.4, -0.2) is 29.2 Å². The van der Waals surface area contributed by atoms with Crippen LogP contribution < -0.4 is 10.1 Å². The largest absolute Gasteiger partial charge is 0.496 e. The number of carbonyl (C=O) groups is 1. The van der Waals surface area contributed by atoms with Crippen LogP contribution in [0.4, 0.5) is 0 Å². The predicted octanol–water partition coefficient (Wildman–Crippen LogP) is 4.55. The number of hydrogen-bond donors (Lipinski definition) is 2. The summed E-state index contributed by atoms with van der Waals surface area (Å²) in [5.41, 5.74) is 6.69. The minimum atomic E-state index is -0.810. The van der Waals surface area contributed by atoms with Gasteiger partial charge in [-0.05, 0) is 66.8 Å². The van der Waals surface area contributed by atoms with Crippen molar-refractivity contribution in [3.05, 3.63) is 83.2 Å². The molecule has 1 aromatic heterocycles. The Balaban J connectivity index is 1.79. The van der Waals surface area contributed by atoms with Crippen LogP contribution in [0.3, 0.4) is 0 Å². The smallest absolute Gasteiger partial charge is 0.304 e. The molecule has 0 aliphatic carbocycles. The summed E-state index contributed by atoms with van der Waals surface area (Å²) in [4.78, 5) is 15.5. The van der Waals surface area contributed by atoms with Gasteiger partial charge in [-0.1, -0.05) is 29.8 Å². The summed E-state index contributed by atoms with van der Waals surface area (Å²) in [7, 11) is 1.65. The van der Waals surface area contributed by atoms with Gasteiger partial charge in [0.05, 0.1) is 13.5 Å². The number of pyridine rings is 1. The molecule has 0 spiro atoms. The monoisotopic (exact) mass is 404 g/mol. The van der Waals surface area contributed by atoms with E-state index in [1.54, 1.807) is 19.5 Å². The molecule has 0 aliphatic rings. The van der Waals surface area contributed by atoms with Crippen molar-refractivity contribution in [3.63, 3.8) is 0 Å². The molecule has 2 aromatic carbocycles. The Kier molecular flexibility index (Phi) is 7.20. The van der Waals surface area contributed by atoms with Crippen molar-refractivity contribution in [1.29, 1.82) is 0 Å². The number of carboxylic acid groups (broad SMARTS) is 1. The average Bonchev–Trinajstić information content (AvgIpc) is 2.74. The van der Waals surface area contributed by atoms with Crippen LogP contribution in [0.15, 0.2) is 60.9 Å². The molecule has 0 fully saturated rings. The molecule has 30 heavy (non-hydrogen) atoms. The van der Waals surface area contributed by atoms with E-state index in [1.807, 2.05) is 24.3 Å². The number of carboxylic acids is 1. The summed E-state index contributed by atoms with van der Waals surface area (Å²) in [5, 5.41) is 12.8. The minimum Gasteiger partial charge on any atom is -0.496 e. The molecular weight excluding hydrogens is 376 g/mol. The van der Waals surface area contributed by atoms with Crippen molar-refractivity contribution in [2.24, 2.45) is 0 Å². The fourth-order valence-electron chi connectivity index (χ4n) is 3.66. The summed E-state index contributed by atoms with van der Waals surface area (Å²) in [6.45, 7) is 4.65. The first-order valence-electron chi connectivity index (χ1n) is 10.0. The van der Waals surface area contributed by atoms with Crippen LogP contribution in [-0.2, 0) is 17.8 Å². The molecule has 0 aliphatic heterocycles. The van der Waals surface area contributed by atoms with E-state index < -0.39 is 5.97 Å². The lowest BCUT2D eigenvalue weighted by Crippen LogP contribution is -2.33. The minimum absolute atomic E-state index is 0.0552. The highest BCUT2D eigenvalue weighted by molar-refractivity contribution is 5.67. The maximum absolute atomic E-state index is 11.4. The van der Waals surface area contributed by atoms with Gasteiger partial charge in [0.2, 0.25) is 0 Å². The Morgan fingerprint density at radius 3 is 2.47 bits per heavy atom. The second-order valence-corrected chi connectivity index (χ2v) is 7.57. The molecule has 0 saturated heterocycles. The summed E-state index contributed by atoms with van der Waals surface area (Å²) in [6, 6.07) is 16.1. The maximum Gasteiger partial charge on any atom is 0.304 e. The van der Waals surface area contributed by atoms with Gasteiger partial charge in [-0.3, -0.25) is 9.78 Å². The number of nitrogens with zero attached hydrogens (tertiary/aromatic N) is 1. The van der Waals surface area contributed by atoms with E-state index in [4.69, 9.17) is 4.74 Å². The quantitative estimate of drug-likeness (QED) is 0.547. The van der Waals surface area contributed by atoms with Gasteiger partial charge in [0.1, 0.15) is 5.75 Å². The van der Waals surface area contributed by atoms with Crippen LogP contribution >= 0.6 is 0 Å². The summed E-state index contributed by atoms with van der Waals surface area (Å²) >= 11 is 0. The number of aryl methyl sites for hydroxylation is 2. The first-order valence-corrected chi connectivity index (χ1v) is 10.0. The number of aromatic nitrogens is 1. The number of hydrogen-bond acceptors (Lipinski definition) is 4. The van der Waals surface area contributed by atoms with Crippen molar-refractivity contribution in [3.8, 4) is 16.9 Å². The number of methoxy groups -OCH3 is 1. The molecule has 3 rings (SSSR count). The Morgan fingerprint density at radius 1 is 1.03 bits per heavy atom. The standard InChI is InChI=1S/C25H28N2O3/c1-17-4-5-20(18(2)12-17)14-23(15-25(28)29)27-16-22-13-21(6-7-24(22)30-3)19-8-10-26-11-9-19/h4-13,23,27H,14-16H2,1-3H3,(H,28,29). The van der Waals surface area contributed by atoms with Crippen molar-refractivity contribution in [2.75, 3.05) is 7.11 Å². The fourth-order valence-corrected chi connectivity index (χ4v) is 3.66. The number of nitrogens with one attached hydrogen (secondary N) is 1. The lowest BCUT2D eigenvalue weighted by molar-refractivity contribution is -0.137. The molecular formula is C25H28N2O3. The lowest BCUT2D eigenvalue weighted by atomic mass is 9.97. The SMILES string of the molecule is COc1ccc(-c2ccncc2)cc1CNC(CC(=O)O)Cc1ccc(C)cc1C. The van der Waals surface area contributed by atoms with Crippen molar-refractivity contribution in [1.82, 2.24) is 10.3 Å². The molecule has 3 aromatic rings. The van der Waals surface area contributed by atoms with Gasteiger partial charge in [-0.2, -0.15) is 0 Å². The Morgan fingerprint density at radius 2 is 1.80 bits per heavy atom. The van der Waals surface area contributed by atoms with Crippen molar-refractivity contribution in [2.45, 2.75) is 39.3 Å². The molecule has 156 valence electrons. The molecule has 1 unspecified atom stereocenters.